The van der Waals surface area contributed by atoms with E-state index in [1.54, 1.807) is 0 Å². The van der Waals surface area contributed by atoms with E-state index in [0.717, 1.165) is 63.2 Å². The minimum Gasteiger partial charge on any atom is -0.381 e. The van der Waals surface area contributed by atoms with Gasteiger partial charge in [0.2, 0.25) is 11.8 Å². The van der Waals surface area contributed by atoms with Crippen LogP contribution >= 0.6 is 0 Å². The van der Waals surface area contributed by atoms with E-state index in [1.165, 1.54) is 0 Å². The SMILES string of the molecule is CCC1(CNC(=O)Cc2cccc(N3CCCC3=O)c2)CCOCC1. The molecule has 1 aromatic carbocycles. The fourth-order valence-electron chi connectivity index (χ4n) is 3.75. The number of carbonyl (C=O) groups excluding carboxylic acids is 2. The molecule has 2 aliphatic heterocycles. The van der Waals surface area contributed by atoms with Gasteiger partial charge >= 0.3 is 0 Å². The van der Waals surface area contributed by atoms with E-state index in [2.05, 4.69) is 12.2 Å². The van der Waals surface area contributed by atoms with Crippen molar-refractivity contribution in [2.24, 2.45) is 5.41 Å². The molecule has 0 spiro atoms. The Morgan fingerprint density at radius 1 is 1.32 bits per heavy atom. The Balaban J connectivity index is 1.56. The number of hydrogen-bond donors (Lipinski definition) is 1. The van der Waals surface area contributed by atoms with Crippen molar-refractivity contribution >= 4 is 17.5 Å². The number of hydrogen-bond acceptors (Lipinski definition) is 3. The molecule has 0 aromatic heterocycles. The smallest absolute Gasteiger partial charge is 0.227 e. The lowest BCUT2D eigenvalue weighted by Gasteiger charge is -2.36. The number of ether oxygens (including phenoxy) is 1. The molecule has 2 heterocycles. The van der Waals surface area contributed by atoms with Gasteiger partial charge in [-0.1, -0.05) is 19.1 Å². The molecule has 2 fully saturated rings. The van der Waals surface area contributed by atoms with Crippen molar-refractivity contribution in [3.8, 4) is 0 Å². The van der Waals surface area contributed by atoms with Crippen LogP contribution < -0.4 is 10.2 Å². The van der Waals surface area contributed by atoms with Crippen LogP contribution in [0.4, 0.5) is 5.69 Å². The van der Waals surface area contributed by atoms with Crippen LogP contribution in [0.2, 0.25) is 0 Å². The Labute approximate surface area is 149 Å². The highest BCUT2D eigenvalue weighted by molar-refractivity contribution is 5.95. The molecule has 0 radical (unpaired) electrons. The summed E-state index contributed by atoms with van der Waals surface area (Å²) in [5.41, 5.74) is 2.03. The standard InChI is InChI=1S/C20H28N2O3/c1-2-20(8-11-25-12-9-20)15-21-18(23)14-16-5-3-6-17(13-16)22-10-4-7-19(22)24/h3,5-6,13H,2,4,7-12,14-15H2,1H3,(H,21,23). The number of nitrogens with one attached hydrogen (secondary N) is 1. The van der Waals surface area contributed by atoms with Gasteiger partial charge in [0.05, 0.1) is 6.42 Å². The van der Waals surface area contributed by atoms with Gasteiger partial charge in [0.15, 0.2) is 0 Å². The number of benzene rings is 1. The first kappa shape index (κ1) is 17.9. The number of carbonyl (C=O) groups is 2. The minimum atomic E-state index is 0.0456. The molecule has 0 saturated carbocycles. The second-order valence-electron chi connectivity index (χ2n) is 7.24. The van der Waals surface area contributed by atoms with Gasteiger partial charge in [0.1, 0.15) is 0 Å². The predicted octanol–water partition coefficient (Wildman–Crippen LogP) is 2.68. The fraction of sp³-hybridized carbons (Fsp3) is 0.600. The maximum Gasteiger partial charge on any atom is 0.227 e. The van der Waals surface area contributed by atoms with Crippen molar-refractivity contribution in [3.05, 3.63) is 29.8 Å². The Morgan fingerprint density at radius 2 is 2.12 bits per heavy atom. The van der Waals surface area contributed by atoms with Gasteiger partial charge < -0.3 is 15.0 Å². The van der Waals surface area contributed by atoms with Gasteiger partial charge in [0, 0.05) is 38.4 Å². The maximum absolute atomic E-state index is 12.4. The molecule has 1 aromatic rings. The largest absolute Gasteiger partial charge is 0.381 e. The van der Waals surface area contributed by atoms with Crippen LogP contribution in [0.3, 0.4) is 0 Å². The number of anilines is 1. The number of amides is 2. The lowest BCUT2D eigenvalue weighted by atomic mass is 9.78. The monoisotopic (exact) mass is 344 g/mol. The fourth-order valence-corrected chi connectivity index (χ4v) is 3.75. The zero-order valence-corrected chi connectivity index (χ0v) is 15.1. The summed E-state index contributed by atoms with van der Waals surface area (Å²) in [7, 11) is 0. The number of rotatable bonds is 6. The molecular formula is C20H28N2O3. The lowest BCUT2D eigenvalue weighted by Crippen LogP contribution is -2.41. The van der Waals surface area contributed by atoms with Crippen LogP contribution in [0.5, 0.6) is 0 Å². The molecule has 0 aliphatic carbocycles. The van der Waals surface area contributed by atoms with Gasteiger partial charge in [-0.05, 0) is 48.8 Å². The van der Waals surface area contributed by atoms with Crippen LogP contribution in [-0.4, -0.2) is 38.1 Å². The van der Waals surface area contributed by atoms with E-state index >= 15 is 0 Å². The summed E-state index contributed by atoms with van der Waals surface area (Å²) in [6, 6.07) is 7.79. The van der Waals surface area contributed by atoms with Gasteiger partial charge in [-0.2, -0.15) is 0 Å². The van der Waals surface area contributed by atoms with Gasteiger partial charge in [-0.15, -0.1) is 0 Å². The van der Waals surface area contributed by atoms with E-state index < -0.39 is 0 Å². The van der Waals surface area contributed by atoms with E-state index in [1.807, 2.05) is 29.2 Å². The normalized spacial score (nSPS) is 19.9. The summed E-state index contributed by atoms with van der Waals surface area (Å²) in [5.74, 6) is 0.218. The molecule has 25 heavy (non-hydrogen) atoms. The third kappa shape index (κ3) is 4.40. The molecule has 2 saturated heterocycles. The van der Waals surface area contributed by atoms with E-state index in [0.29, 0.717) is 12.8 Å². The van der Waals surface area contributed by atoms with Crippen molar-refractivity contribution < 1.29 is 14.3 Å². The second kappa shape index (κ2) is 8.00. The first-order valence-corrected chi connectivity index (χ1v) is 9.36. The van der Waals surface area contributed by atoms with Crippen molar-refractivity contribution in [2.45, 2.75) is 45.4 Å². The zero-order chi connectivity index (χ0) is 17.7. The third-order valence-electron chi connectivity index (χ3n) is 5.62. The quantitative estimate of drug-likeness (QED) is 0.863. The van der Waals surface area contributed by atoms with Gasteiger partial charge in [0.25, 0.3) is 0 Å². The van der Waals surface area contributed by atoms with E-state index in [-0.39, 0.29) is 17.2 Å². The number of nitrogens with zero attached hydrogens (tertiary/aromatic N) is 1. The average molecular weight is 344 g/mol. The van der Waals surface area contributed by atoms with Crippen molar-refractivity contribution in [2.75, 3.05) is 31.2 Å². The van der Waals surface area contributed by atoms with Crippen LogP contribution in [0.1, 0.15) is 44.6 Å². The Bertz CT molecular complexity index is 623. The summed E-state index contributed by atoms with van der Waals surface area (Å²) in [4.78, 5) is 26.1. The molecular weight excluding hydrogens is 316 g/mol. The molecule has 3 rings (SSSR count). The Hall–Kier alpha value is -1.88. The van der Waals surface area contributed by atoms with Crippen LogP contribution in [0, 0.1) is 5.41 Å². The summed E-state index contributed by atoms with van der Waals surface area (Å²) in [6.07, 6.45) is 4.96. The highest BCUT2D eigenvalue weighted by Gasteiger charge is 2.31. The molecule has 5 nitrogen and oxygen atoms in total. The van der Waals surface area contributed by atoms with E-state index in [4.69, 9.17) is 4.74 Å². The van der Waals surface area contributed by atoms with E-state index in [9.17, 15) is 9.59 Å². The topological polar surface area (TPSA) is 58.6 Å². The lowest BCUT2D eigenvalue weighted by molar-refractivity contribution is -0.121. The average Bonchev–Trinajstić information content (AvgIpc) is 3.07. The molecule has 2 amide bonds. The molecule has 5 heteroatoms. The highest BCUT2D eigenvalue weighted by atomic mass is 16.5. The molecule has 136 valence electrons. The molecule has 0 atom stereocenters. The molecule has 2 aliphatic rings. The zero-order valence-electron chi connectivity index (χ0n) is 15.1. The Kier molecular flexibility index (Phi) is 5.74. The first-order valence-electron chi connectivity index (χ1n) is 9.36. The summed E-state index contributed by atoms with van der Waals surface area (Å²) in [6.45, 7) is 5.25. The summed E-state index contributed by atoms with van der Waals surface area (Å²) >= 11 is 0. The second-order valence-corrected chi connectivity index (χ2v) is 7.24. The van der Waals surface area contributed by atoms with Crippen LogP contribution in [-0.2, 0) is 20.7 Å². The highest BCUT2D eigenvalue weighted by Crippen LogP contribution is 2.33. The summed E-state index contributed by atoms with van der Waals surface area (Å²) in [5, 5.41) is 3.12. The molecule has 1 N–H and O–H groups in total. The van der Waals surface area contributed by atoms with Crippen molar-refractivity contribution in [1.29, 1.82) is 0 Å². The first-order chi connectivity index (χ1) is 12.1. The third-order valence-corrected chi connectivity index (χ3v) is 5.62. The Morgan fingerprint density at radius 3 is 2.80 bits per heavy atom. The van der Waals surface area contributed by atoms with Gasteiger partial charge in [-0.25, -0.2) is 0 Å². The maximum atomic E-state index is 12.4. The van der Waals surface area contributed by atoms with Crippen molar-refractivity contribution in [3.63, 3.8) is 0 Å². The van der Waals surface area contributed by atoms with Gasteiger partial charge in [-0.3, -0.25) is 9.59 Å². The van der Waals surface area contributed by atoms with Crippen molar-refractivity contribution in [1.82, 2.24) is 5.32 Å². The minimum absolute atomic E-state index is 0.0456. The van der Waals surface area contributed by atoms with Crippen LogP contribution in [0.15, 0.2) is 24.3 Å². The van der Waals surface area contributed by atoms with Crippen LogP contribution in [0.25, 0.3) is 0 Å². The summed E-state index contributed by atoms with van der Waals surface area (Å²) < 4.78 is 5.45. The predicted molar refractivity (Wildman–Crippen MR) is 97.5 cm³/mol. The molecule has 0 bridgehead atoms. The molecule has 0 unspecified atom stereocenters.